The van der Waals surface area contributed by atoms with E-state index >= 15 is 0 Å². The first-order chi connectivity index (χ1) is 32.3. The van der Waals surface area contributed by atoms with Crippen LogP contribution in [0.1, 0.15) is 49.9 Å². The Morgan fingerprint density at radius 3 is 1.59 bits per heavy atom. The Kier molecular flexibility index (Phi) is 8.26. The van der Waals surface area contributed by atoms with Crippen molar-refractivity contribution < 1.29 is 0 Å². The van der Waals surface area contributed by atoms with Crippen LogP contribution in [-0.2, 0) is 10.8 Å². The fourth-order valence-electron chi connectivity index (χ4n) is 11.4. The van der Waals surface area contributed by atoms with Gasteiger partial charge in [-0.15, -0.1) is 0 Å². The molecule has 0 unspecified atom stereocenters. The van der Waals surface area contributed by atoms with Gasteiger partial charge in [-0.3, -0.25) is 4.57 Å². The average Bonchev–Trinajstić information content (AvgIpc) is 3.91. The predicted octanol–water partition coefficient (Wildman–Crippen LogP) is 16.1. The molecule has 2 aliphatic rings. The van der Waals surface area contributed by atoms with Gasteiger partial charge in [-0.05, 0) is 93.0 Å². The maximum absolute atomic E-state index is 5.50. The summed E-state index contributed by atoms with van der Waals surface area (Å²) in [5.41, 5.74) is 21.1. The van der Waals surface area contributed by atoms with Gasteiger partial charge in [0.15, 0.2) is 0 Å². The Labute approximate surface area is 385 Å². The molecule has 4 nitrogen and oxygen atoms in total. The van der Waals surface area contributed by atoms with Crippen molar-refractivity contribution in [2.45, 2.75) is 38.5 Å². The molecule has 11 aromatic rings. The normalized spacial score (nSPS) is 14.0. The lowest BCUT2D eigenvalue weighted by Crippen LogP contribution is -2.17. The number of fused-ring (bicyclic) bond motifs is 10. The molecule has 2 aromatic heterocycles. The molecule has 13 rings (SSSR count). The molecular weight excluding hydrogens is 801 g/mol. The van der Waals surface area contributed by atoms with Crippen molar-refractivity contribution in [3.8, 4) is 50.6 Å². The molecule has 2 aliphatic carbocycles. The Morgan fingerprint density at radius 1 is 0.394 bits per heavy atom. The molecule has 2 heterocycles. The third-order valence-electron chi connectivity index (χ3n) is 14.6. The minimum absolute atomic E-state index is 0.142. The van der Waals surface area contributed by atoms with Crippen LogP contribution in [0.4, 0.5) is 17.1 Å². The lowest BCUT2D eigenvalue weighted by Gasteiger charge is -2.31. The van der Waals surface area contributed by atoms with E-state index in [2.05, 4.69) is 243 Å². The predicted molar refractivity (Wildman–Crippen MR) is 275 cm³/mol. The average molecular weight is 847 g/mol. The van der Waals surface area contributed by atoms with E-state index in [-0.39, 0.29) is 10.8 Å². The number of aromatic nitrogens is 3. The number of rotatable bonds is 6. The summed E-state index contributed by atoms with van der Waals surface area (Å²) in [7, 11) is 0. The smallest absolute Gasteiger partial charge is 0.235 e. The molecule has 0 N–H and O–H groups in total. The molecule has 0 bridgehead atoms. The lowest BCUT2D eigenvalue weighted by molar-refractivity contribution is 0.660. The number of benzene rings is 9. The van der Waals surface area contributed by atoms with Gasteiger partial charge in [0.2, 0.25) is 5.95 Å². The van der Waals surface area contributed by atoms with Gasteiger partial charge in [0.25, 0.3) is 0 Å². The largest absolute Gasteiger partial charge is 0.309 e. The first-order valence-electron chi connectivity index (χ1n) is 23.0. The van der Waals surface area contributed by atoms with E-state index in [1.165, 1.54) is 77.8 Å². The Morgan fingerprint density at radius 2 is 0.924 bits per heavy atom. The molecule has 0 aliphatic heterocycles. The van der Waals surface area contributed by atoms with E-state index in [1.807, 2.05) is 0 Å². The summed E-state index contributed by atoms with van der Waals surface area (Å²) in [5, 5.41) is 3.36. The Bertz CT molecular complexity index is 3660. The summed E-state index contributed by atoms with van der Waals surface area (Å²) >= 11 is 0. The summed E-state index contributed by atoms with van der Waals surface area (Å²) in [6.45, 7) is 9.45. The van der Waals surface area contributed by atoms with Crippen molar-refractivity contribution in [2.75, 3.05) is 4.90 Å². The quantitative estimate of drug-likeness (QED) is 0.167. The van der Waals surface area contributed by atoms with Crippen molar-refractivity contribution in [1.82, 2.24) is 14.5 Å². The molecule has 66 heavy (non-hydrogen) atoms. The second kappa shape index (κ2) is 14.2. The fraction of sp³-hybridized carbons (Fsp3) is 0.0968. The minimum Gasteiger partial charge on any atom is -0.309 e. The number of nitrogens with zero attached hydrogens (tertiary/aromatic N) is 4. The molecule has 0 saturated carbocycles. The van der Waals surface area contributed by atoms with Crippen molar-refractivity contribution in [2.24, 2.45) is 0 Å². The van der Waals surface area contributed by atoms with Gasteiger partial charge in [-0.1, -0.05) is 185 Å². The van der Waals surface area contributed by atoms with Crippen LogP contribution in [0, 0.1) is 0 Å². The maximum atomic E-state index is 5.50. The summed E-state index contributed by atoms with van der Waals surface area (Å²) in [6.07, 6.45) is 0. The van der Waals surface area contributed by atoms with Gasteiger partial charge >= 0.3 is 0 Å². The molecule has 0 amide bonds. The van der Waals surface area contributed by atoms with Crippen molar-refractivity contribution in [1.29, 1.82) is 0 Å². The van der Waals surface area contributed by atoms with Crippen LogP contribution in [0.15, 0.2) is 206 Å². The van der Waals surface area contributed by atoms with Gasteiger partial charge in [0.05, 0.1) is 33.6 Å². The molecule has 0 atom stereocenters. The Hall–Kier alpha value is -8.08. The zero-order valence-corrected chi connectivity index (χ0v) is 37.4. The minimum atomic E-state index is -0.142. The van der Waals surface area contributed by atoms with Crippen LogP contribution in [0.3, 0.4) is 0 Å². The SMILES string of the molecule is CC1(C)c2ccccc2-c2c(N(c3ccc(-c4nc(-n5c6ccccc6c6cc(-c7ccccc7)ccc65)nc5ccccc45)cc3)c3cccc4c3-c3ccccc3C4(C)C)cccc21. The van der Waals surface area contributed by atoms with Crippen LogP contribution in [-0.4, -0.2) is 14.5 Å². The van der Waals surface area contributed by atoms with Crippen molar-refractivity contribution >= 4 is 49.8 Å². The van der Waals surface area contributed by atoms with E-state index < -0.39 is 0 Å². The highest BCUT2D eigenvalue weighted by Crippen LogP contribution is 2.58. The highest BCUT2D eigenvalue weighted by Gasteiger charge is 2.40. The van der Waals surface area contributed by atoms with Gasteiger partial charge in [-0.2, -0.15) is 0 Å². The van der Waals surface area contributed by atoms with Gasteiger partial charge in [0, 0.05) is 49.4 Å². The maximum Gasteiger partial charge on any atom is 0.235 e. The van der Waals surface area contributed by atoms with E-state index in [0.717, 1.165) is 38.9 Å². The number of anilines is 3. The van der Waals surface area contributed by atoms with Crippen molar-refractivity contribution in [3.63, 3.8) is 0 Å². The van der Waals surface area contributed by atoms with Gasteiger partial charge in [0.1, 0.15) is 0 Å². The molecule has 0 saturated heterocycles. The number of hydrogen-bond donors (Lipinski definition) is 0. The second-order valence-electron chi connectivity index (χ2n) is 19.0. The standard InChI is InChI=1S/C62H46N4/c1-61(2)48-24-12-8-21-44(48)57-50(61)26-16-30-55(57)65(56-31-17-27-51-58(56)45-22-9-13-25-49(45)62(51,3)4)42-35-32-40(33-36-42)59-46-23-10-14-28-52(46)63-60(64-59)66-53-29-15-11-20-43(53)47-38-41(34-37-54(47)66)39-18-6-5-7-19-39/h5-38H,1-4H3. The highest BCUT2D eigenvalue weighted by molar-refractivity contribution is 6.10. The molecule has 9 aromatic carbocycles. The molecule has 314 valence electrons. The Balaban J connectivity index is 1.01. The second-order valence-corrected chi connectivity index (χ2v) is 19.0. The summed E-state index contributed by atoms with van der Waals surface area (Å²) in [5.74, 6) is 0.648. The summed E-state index contributed by atoms with van der Waals surface area (Å²) < 4.78 is 2.23. The number of para-hydroxylation sites is 2. The first kappa shape index (κ1) is 38.4. The zero-order chi connectivity index (χ0) is 44.3. The van der Waals surface area contributed by atoms with E-state index in [4.69, 9.17) is 9.97 Å². The van der Waals surface area contributed by atoms with Crippen LogP contribution < -0.4 is 4.90 Å². The molecule has 0 radical (unpaired) electrons. The zero-order valence-electron chi connectivity index (χ0n) is 37.4. The monoisotopic (exact) mass is 846 g/mol. The molecular formula is C62H46N4. The van der Waals surface area contributed by atoms with Crippen molar-refractivity contribution in [3.05, 3.63) is 229 Å². The number of hydrogen-bond acceptors (Lipinski definition) is 3. The van der Waals surface area contributed by atoms with Crippen LogP contribution in [0.2, 0.25) is 0 Å². The molecule has 0 fully saturated rings. The summed E-state index contributed by atoms with van der Waals surface area (Å²) in [6, 6.07) is 75.1. The van der Waals surface area contributed by atoms with Crippen LogP contribution >= 0.6 is 0 Å². The van der Waals surface area contributed by atoms with E-state index in [1.54, 1.807) is 0 Å². The lowest BCUT2D eigenvalue weighted by atomic mass is 9.82. The van der Waals surface area contributed by atoms with E-state index in [0.29, 0.717) is 5.95 Å². The van der Waals surface area contributed by atoms with E-state index in [9.17, 15) is 0 Å². The third kappa shape index (κ3) is 5.51. The fourth-order valence-corrected chi connectivity index (χ4v) is 11.4. The summed E-state index contributed by atoms with van der Waals surface area (Å²) in [4.78, 5) is 13.3. The third-order valence-corrected chi connectivity index (χ3v) is 14.6. The molecule has 4 heteroatoms. The topological polar surface area (TPSA) is 34.0 Å². The first-order valence-corrected chi connectivity index (χ1v) is 23.0. The van der Waals surface area contributed by atoms with Crippen LogP contribution in [0.5, 0.6) is 0 Å². The van der Waals surface area contributed by atoms with Crippen LogP contribution in [0.25, 0.3) is 83.3 Å². The van der Waals surface area contributed by atoms with Gasteiger partial charge < -0.3 is 4.90 Å². The molecule has 0 spiro atoms. The highest BCUT2D eigenvalue weighted by atomic mass is 15.2. The van der Waals surface area contributed by atoms with Gasteiger partial charge in [-0.25, -0.2) is 9.97 Å².